The second-order valence-corrected chi connectivity index (χ2v) is 8.65. The van der Waals surface area contributed by atoms with Crippen LogP contribution in [0.5, 0.6) is 0 Å². The maximum absolute atomic E-state index is 13.3. The van der Waals surface area contributed by atoms with E-state index in [1.807, 2.05) is 39.0 Å². The molecule has 0 atom stereocenters. The number of fused-ring (bicyclic) bond motifs is 1. The lowest BCUT2D eigenvalue weighted by Crippen LogP contribution is -2.18. The lowest BCUT2D eigenvalue weighted by molar-refractivity contribution is 0.102. The molecule has 0 saturated carbocycles. The van der Waals surface area contributed by atoms with Crippen LogP contribution >= 0.6 is 11.3 Å². The van der Waals surface area contributed by atoms with Crippen LogP contribution in [0.4, 0.5) is 5.82 Å². The molecule has 4 heterocycles. The molecule has 8 heteroatoms. The Balaban J connectivity index is 1.78. The Morgan fingerprint density at radius 1 is 1.21 bits per heavy atom. The first-order chi connectivity index (χ1) is 13.9. The minimum absolute atomic E-state index is 0.141. The molecule has 0 saturated heterocycles. The Labute approximate surface area is 173 Å². The first-order valence-electron chi connectivity index (χ1n) is 9.69. The van der Waals surface area contributed by atoms with Crippen molar-refractivity contribution in [2.45, 2.75) is 40.3 Å². The minimum Gasteiger partial charge on any atom is -0.307 e. The van der Waals surface area contributed by atoms with Gasteiger partial charge in [-0.05, 0) is 37.3 Å². The molecule has 1 N–H and O–H groups in total. The highest BCUT2D eigenvalue weighted by Gasteiger charge is 2.20. The summed E-state index contributed by atoms with van der Waals surface area (Å²) in [6, 6.07) is 7.79. The van der Waals surface area contributed by atoms with Crippen molar-refractivity contribution < 1.29 is 4.79 Å². The number of aromatic nitrogens is 5. The fourth-order valence-electron chi connectivity index (χ4n) is 3.25. The summed E-state index contributed by atoms with van der Waals surface area (Å²) in [4.78, 5) is 19.1. The molecule has 4 rings (SSSR count). The van der Waals surface area contributed by atoms with Gasteiger partial charge in [-0.15, -0.1) is 11.3 Å². The van der Waals surface area contributed by atoms with Gasteiger partial charge in [-0.3, -0.25) is 4.79 Å². The quantitative estimate of drug-likeness (QED) is 0.495. The SMILES string of the molecule is CC(C)Cn1nccc1NC(=O)c1cc(-c2cccs2)nc2c1cnn2C(C)C. The largest absolute Gasteiger partial charge is 0.307 e. The van der Waals surface area contributed by atoms with E-state index in [-0.39, 0.29) is 11.9 Å². The molecule has 0 radical (unpaired) electrons. The zero-order chi connectivity index (χ0) is 20.5. The maximum Gasteiger partial charge on any atom is 0.257 e. The molecule has 0 aromatic carbocycles. The van der Waals surface area contributed by atoms with Crippen molar-refractivity contribution >= 4 is 34.1 Å². The van der Waals surface area contributed by atoms with E-state index in [4.69, 9.17) is 4.98 Å². The van der Waals surface area contributed by atoms with Crippen LogP contribution in [0.25, 0.3) is 21.6 Å². The van der Waals surface area contributed by atoms with Gasteiger partial charge in [0.1, 0.15) is 5.82 Å². The van der Waals surface area contributed by atoms with Gasteiger partial charge in [-0.2, -0.15) is 10.2 Å². The maximum atomic E-state index is 13.3. The van der Waals surface area contributed by atoms with Crippen LogP contribution in [-0.2, 0) is 6.54 Å². The fourth-order valence-corrected chi connectivity index (χ4v) is 3.93. The number of pyridine rings is 1. The Morgan fingerprint density at radius 2 is 2.03 bits per heavy atom. The summed E-state index contributed by atoms with van der Waals surface area (Å²) in [6.07, 6.45) is 3.43. The number of hydrogen-bond acceptors (Lipinski definition) is 5. The van der Waals surface area contributed by atoms with Gasteiger partial charge in [0.15, 0.2) is 5.65 Å². The molecule has 0 spiro atoms. The summed E-state index contributed by atoms with van der Waals surface area (Å²) in [5.74, 6) is 0.916. The number of rotatable bonds is 6. The number of anilines is 1. The average Bonchev–Trinajstić information content (AvgIpc) is 3.41. The third kappa shape index (κ3) is 3.80. The molecular weight excluding hydrogens is 384 g/mol. The Bertz CT molecular complexity index is 1140. The van der Waals surface area contributed by atoms with E-state index in [1.165, 1.54) is 0 Å². The molecule has 0 aliphatic rings. The second-order valence-electron chi connectivity index (χ2n) is 7.70. The van der Waals surface area contributed by atoms with Crippen LogP contribution < -0.4 is 5.32 Å². The van der Waals surface area contributed by atoms with Gasteiger partial charge in [-0.1, -0.05) is 19.9 Å². The molecule has 150 valence electrons. The highest BCUT2D eigenvalue weighted by molar-refractivity contribution is 7.13. The lowest BCUT2D eigenvalue weighted by atomic mass is 10.1. The summed E-state index contributed by atoms with van der Waals surface area (Å²) in [6.45, 7) is 9.08. The third-order valence-electron chi connectivity index (χ3n) is 4.57. The van der Waals surface area contributed by atoms with E-state index in [1.54, 1.807) is 23.7 Å². The summed E-state index contributed by atoms with van der Waals surface area (Å²) >= 11 is 1.60. The van der Waals surface area contributed by atoms with Crippen LogP contribution in [0.15, 0.2) is 42.0 Å². The van der Waals surface area contributed by atoms with E-state index in [9.17, 15) is 4.79 Å². The van der Waals surface area contributed by atoms with Gasteiger partial charge in [-0.25, -0.2) is 14.3 Å². The molecule has 1 amide bonds. The smallest absolute Gasteiger partial charge is 0.257 e. The van der Waals surface area contributed by atoms with E-state index in [0.29, 0.717) is 22.9 Å². The number of thiophene rings is 1. The molecule has 29 heavy (non-hydrogen) atoms. The topological polar surface area (TPSA) is 77.6 Å². The third-order valence-corrected chi connectivity index (χ3v) is 5.46. The van der Waals surface area contributed by atoms with Crippen molar-refractivity contribution in [3.05, 3.63) is 47.6 Å². The van der Waals surface area contributed by atoms with Crippen molar-refractivity contribution in [2.24, 2.45) is 5.92 Å². The Morgan fingerprint density at radius 3 is 2.72 bits per heavy atom. The van der Waals surface area contributed by atoms with Crippen molar-refractivity contribution in [3.8, 4) is 10.6 Å². The molecule has 0 aliphatic heterocycles. The predicted molar refractivity (Wildman–Crippen MR) is 116 cm³/mol. The first kappa shape index (κ1) is 19.3. The van der Waals surface area contributed by atoms with Crippen LogP contribution in [-0.4, -0.2) is 30.5 Å². The second kappa shape index (κ2) is 7.79. The highest BCUT2D eigenvalue weighted by Crippen LogP contribution is 2.29. The van der Waals surface area contributed by atoms with Gasteiger partial charge < -0.3 is 5.32 Å². The van der Waals surface area contributed by atoms with Gasteiger partial charge in [0.2, 0.25) is 0 Å². The van der Waals surface area contributed by atoms with E-state index < -0.39 is 0 Å². The van der Waals surface area contributed by atoms with Crippen molar-refractivity contribution in [2.75, 3.05) is 5.32 Å². The summed E-state index contributed by atoms with van der Waals surface area (Å²) in [5, 5.41) is 14.6. The number of amides is 1. The van der Waals surface area contributed by atoms with Crippen LogP contribution in [0.3, 0.4) is 0 Å². The number of carbonyl (C=O) groups excluding carboxylic acids is 1. The predicted octanol–water partition coefficient (Wildman–Crippen LogP) is 4.85. The number of nitrogens with zero attached hydrogens (tertiary/aromatic N) is 5. The molecule has 0 unspecified atom stereocenters. The molecule has 7 nitrogen and oxygen atoms in total. The summed E-state index contributed by atoms with van der Waals surface area (Å²) in [7, 11) is 0. The zero-order valence-electron chi connectivity index (χ0n) is 17.0. The van der Waals surface area contributed by atoms with Crippen LogP contribution in [0.1, 0.15) is 44.1 Å². The van der Waals surface area contributed by atoms with Gasteiger partial charge in [0.25, 0.3) is 5.91 Å². The molecular formula is C21H24N6OS. The standard InChI is InChI=1S/C21H24N6OS/c1-13(2)12-26-19(7-8-22-26)25-21(28)15-10-17(18-6-5-9-29-18)24-20-16(15)11-23-27(20)14(3)4/h5-11,13-14H,12H2,1-4H3,(H,25,28). The minimum atomic E-state index is -0.191. The highest BCUT2D eigenvalue weighted by atomic mass is 32.1. The van der Waals surface area contributed by atoms with E-state index in [2.05, 4.69) is 43.2 Å². The number of carbonyl (C=O) groups is 1. The molecule has 0 aliphatic carbocycles. The Hall–Kier alpha value is -3.00. The van der Waals surface area contributed by atoms with Crippen molar-refractivity contribution in [1.82, 2.24) is 24.5 Å². The summed E-state index contributed by atoms with van der Waals surface area (Å²) in [5.41, 5.74) is 2.05. The number of nitrogens with one attached hydrogen (secondary N) is 1. The van der Waals surface area contributed by atoms with Gasteiger partial charge in [0, 0.05) is 18.7 Å². The number of hydrogen-bond donors (Lipinski definition) is 1. The van der Waals surface area contributed by atoms with Gasteiger partial charge >= 0.3 is 0 Å². The average molecular weight is 409 g/mol. The lowest BCUT2D eigenvalue weighted by Gasteiger charge is -2.12. The van der Waals surface area contributed by atoms with Crippen LogP contribution in [0, 0.1) is 5.92 Å². The zero-order valence-corrected chi connectivity index (χ0v) is 17.8. The van der Waals surface area contributed by atoms with E-state index >= 15 is 0 Å². The Kier molecular flexibility index (Phi) is 5.19. The normalized spacial score (nSPS) is 11.7. The molecule has 0 fully saturated rings. The monoisotopic (exact) mass is 408 g/mol. The van der Waals surface area contributed by atoms with Crippen molar-refractivity contribution in [3.63, 3.8) is 0 Å². The fraction of sp³-hybridized carbons (Fsp3) is 0.333. The summed E-state index contributed by atoms with van der Waals surface area (Å²) < 4.78 is 3.67. The van der Waals surface area contributed by atoms with Crippen LogP contribution in [0.2, 0.25) is 0 Å². The molecule has 0 bridgehead atoms. The van der Waals surface area contributed by atoms with Gasteiger partial charge in [0.05, 0.1) is 33.9 Å². The van der Waals surface area contributed by atoms with E-state index in [0.717, 1.165) is 22.5 Å². The first-order valence-corrected chi connectivity index (χ1v) is 10.6. The van der Waals surface area contributed by atoms with Crippen molar-refractivity contribution in [1.29, 1.82) is 0 Å². The molecule has 4 aromatic heterocycles. The molecule has 4 aromatic rings.